The van der Waals surface area contributed by atoms with E-state index >= 15 is 0 Å². The summed E-state index contributed by atoms with van der Waals surface area (Å²) in [5, 5.41) is 11.1. The number of anilines is 1. The first kappa shape index (κ1) is 16.9. The van der Waals surface area contributed by atoms with Gasteiger partial charge < -0.3 is 10.0 Å². The van der Waals surface area contributed by atoms with Crippen molar-refractivity contribution in [3.8, 4) is 11.1 Å². The van der Waals surface area contributed by atoms with Gasteiger partial charge in [-0.05, 0) is 40.8 Å². The summed E-state index contributed by atoms with van der Waals surface area (Å²) < 4.78 is 0. The highest BCUT2D eigenvalue weighted by Crippen LogP contribution is 2.42. The number of amides is 1. The van der Waals surface area contributed by atoms with Gasteiger partial charge in [0.05, 0.1) is 12.1 Å². The molecule has 0 radical (unpaired) electrons. The number of carbonyl (C=O) groups excluding carboxylic acids is 2. The van der Waals surface area contributed by atoms with Crippen LogP contribution in [0.25, 0.3) is 11.1 Å². The molecule has 3 aromatic carbocycles. The fraction of sp³-hybridized carbons (Fsp3) is 0.167. The largest absolute Gasteiger partial charge is 0.375 e. The SMILES string of the molecule is CN1C(=O)[C@@](O)(CC(=O)c2ccc3c(c2)Cc2ccccc2-3)c2ccccc21. The van der Waals surface area contributed by atoms with E-state index in [-0.39, 0.29) is 12.2 Å². The lowest BCUT2D eigenvalue weighted by molar-refractivity contribution is -0.135. The van der Waals surface area contributed by atoms with Crippen LogP contribution < -0.4 is 4.90 Å². The Morgan fingerprint density at radius 1 is 1.00 bits per heavy atom. The Labute approximate surface area is 163 Å². The first-order valence-electron chi connectivity index (χ1n) is 9.33. The van der Waals surface area contributed by atoms with Crippen LogP contribution in [0.4, 0.5) is 5.69 Å². The highest BCUT2D eigenvalue weighted by molar-refractivity contribution is 6.10. The minimum absolute atomic E-state index is 0.236. The lowest BCUT2D eigenvalue weighted by Gasteiger charge is -2.21. The number of fused-ring (bicyclic) bond motifs is 4. The molecule has 0 saturated heterocycles. The van der Waals surface area contributed by atoms with Crippen LogP contribution in [0.2, 0.25) is 0 Å². The van der Waals surface area contributed by atoms with Crippen molar-refractivity contribution in [3.63, 3.8) is 0 Å². The molecule has 5 rings (SSSR count). The first-order valence-corrected chi connectivity index (χ1v) is 9.33. The third-order valence-electron chi connectivity index (χ3n) is 5.90. The summed E-state index contributed by atoms with van der Waals surface area (Å²) in [6.07, 6.45) is 0.528. The van der Waals surface area contributed by atoms with E-state index in [9.17, 15) is 14.7 Å². The molecule has 1 heterocycles. The normalized spacial score (nSPS) is 19.4. The molecule has 0 unspecified atom stereocenters. The van der Waals surface area contributed by atoms with Crippen molar-refractivity contribution in [2.75, 3.05) is 11.9 Å². The maximum absolute atomic E-state index is 13.0. The van der Waals surface area contributed by atoms with E-state index in [1.807, 2.05) is 30.3 Å². The fourth-order valence-electron chi connectivity index (χ4n) is 4.44. The number of rotatable bonds is 3. The molecule has 1 atom stereocenters. The zero-order valence-electron chi connectivity index (χ0n) is 15.5. The Kier molecular flexibility index (Phi) is 3.55. The predicted octanol–water partition coefficient (Wildman–Crippen LogP) is 3.69. The molecule has 3 aromatic rings. The Hall–Kier alpha value is -3.24. The van der Waals surface area contributed by atoms with E-state index in [4.69, 9.17) is 0 Å². The molecule has 0 fully saturated rings. The van der Waals surface area contributed by atoms with Crippen LogP contribution >= 0.6 is 0 Å². The molecule has 2 aliphatic rings. The third kappa shape index (κ3) is 2.28. The van der Waals surface area contributed by atoms with Gasteiger partial charge in [0.1, 0.15) is 0 Å². The summed E-state index contributed by atoms with van der Waals surface area (Å²) in [6, 6.07) is 21.0. The smallest absolute Gasteiger partial charge is 0.263 e. The van der Waals surface area contributed by atoms with Crippen molar-refractivity contribution in [3.05, 3.63) is 89.0 Å². The van der Waals surface area contributed by atoms with Gasteiger partial charge in [0.25, 0.3) is 5.91 Å². The number of hydrogen-bond acceptors (Lipinski definition) is 3. The van der Waals surface area contributed by atoms with E-state index in [0.29, 0.717) is 16.8 Å². The maximum Gasteiger partial charge on any atom is 0.263 e. The first-order chi connectivity index (χ1) is 13.5. The molecule has 1 aliphatic heterocycles. The van der Waals surface area contributed by atoms with Crippen LogP contribution in [0, 0.1) is 0 Å². The molecule has 0 saturated carbocycles. The zero-order valence-corrected chi connectivity index (χ0v) is 15.5. The maximum atomic E-state index is 13.0. The second-order valence-corrected chi connectivity index (χ2v) is 7.55. The van der Waals surface area contributed by atoms with Crippen molar-refractivity contribution < 1.29 is 14.7 Å². The molecule has 0 aromatic heterocycles. The highest BCUT2D eigenvalue weighted by atomic mass is 16.3. The summed E-state index contributed by atoms with van der Waals surface area (Å²) in [4.78, 5) is 27.1. The van der Waals surface area contributed by atoms with Gasteiger partial charge in [-0.3, -0.25) is 9.59 Å². The number of likely N-dealkylation sites (N-methyl/N-ethyl adjacent to an activating group) is 1. The molecule has 138 valence electrons. The van der Waals surface area contributed by atoms with Gasteiger partial charge in [-0.25, -0.2) is 0 Å². The Bertz CT molecular complexity index is 1150. The van der Waals surface area contributed by atoms with Crippen LogP contribution in [-0.4, -0.2) is 23.8 Å². The predicted molar refractivity (Wildman–Crippen MR) is 107 cm³/mol. The summed E-state index contributed by atoms with van der Waals surface area (Å²) in [5.41, 5.74) is 4.56. The van der Waals surface area contributed by atoms with Gasteiger partial charge in [-0.15, -0.1) is 0 Å². The monoisotopic (exact) mass is 369 g/mol. The van der Waals surface area contributed by atoms with E-state index in [1.165, 1.54) is 16.0 Å². The van der Waals surface area contributed by atoms with Gasteiger partial charge in [-0.1, -0.05) is 54.6 Å². The van der Waals surface area contributed by atoms with Crippen molar-refractivity contribution in [2.45, 2.75) is 18.4 Å². The van der Waals surface area contributed by atoms with Gasteiger partial charge in [0.2, 0.25) is 0 Å². The standard InChI is InChI=1S/C24H19NO3/c1-25-21-9-5-4-8-20(21)24(28,23(25)27)14-22(26)16-10-11-19-17(13-16)12-15-6-2-3-7-18(15)19/h2-11,13,28H,12,14H2,1H3/t24-/m1/s1. The Morgan fingerprint density at radius 3 is 2.57 bits per heavy atom. The molecular formula is C24H19NO3. The lowest BCUT2D eigenvalue weighted by Crippen LogP contribution is -2.40. The molecule has 0 spiro atoms. The van der Waals surface area contributed by atoms with Crippen LogP contribution in [0.5, 0.6) is 0 Å². The summed E-state index contributed by atoms with van der Waals surface area (Å²) in [7, 11) is 1.62. The fourth-order valence-corrected chi connectivity index (χ4v) is 4.44. The topological polar surface area (TPSA) is 57.6 Å². The Balaban J connectivity index is 1.47. The van der Waals surface area contributed by atoms with Crippen LogP contribution in [0.3, 0.4) is 0 Å². The van der Waals surface area contributed by atoms with E-state index < -0.39 is 11.5 Å². The number of benzene rings is 3. The summed E-state index contributed by atoms with van der Waals surface area (Å²) in [5.74, 6) is -0.699. The minimum atomic E-state index is -1.82. The summed E-state index contributed by atoms with van der Waals surface area (Å²) in [6.45, 7) is 0. The quantitative estimate of drug-likeness (QED) is 0.560. The third-order valence-corrected chi connectivity index (χ3v) is 5.90. The zero-order chi connectivity index (χ0) is 19.5. The second-order valence-electron chi connectivity index (χ2n) is 7.55. The number of carbonyl (C=O) groups is 2. The minimum Gasteiger partial charge on any atom is -0.375 e. The number of Topliss-reactive ketones (excluding diaryl/α,β-unsaturated/α-hetero) is 1. The van der Waals surface area contributed by atoms with E-state index in [0.717, 1.165) is 17.5 Å². The Morgan fingerprint density at radius 2 is 1.71 bits per heavy atom. The summed E-state index contributed by atoms with van der Waals surface area (Å²) >= 11 is 0. The number of ketones is 1. The van der Waals surface area contributed by atoms with Crippen molar-refractivity contribution in [2.24, 2.45) is 0 Å². The average Bonchev–Trinajstić information content (AvgIpc) is 3.17. The van der Waals surface area contributed by atoms with Gasteiger partial charge in [0, 0.05) is 18.2 Å². The van der Waals surface area contributed by atoms with Crippen LogP contribution in [0.15, 0.2) is 66.7 Å². The number of aliphatic hydroxyl groups is 1. The van der Waals surface area contributed by atoms with Crippen molar-refractivity contribution in [1.29, 1.82) is 0 Å². The molecule has 0 bridgehead atoms. The molecule has 4 heteroatoms. The number of hydrogen-bond donors (Lipinski definition) is 1. The molecular weight excluding hydrogens is 350 g/mol. The van der Waals surface area contributed by atoms with Crippen LogP contribution in [-0.2, 0) is 16.8 Å². The lowest BCUT2D eigenvalue weighted by atomic mass is 9.87. The molecule has 28 heavy (non-hydrogen) atoms. The molecule has 4 nitrogen and oxygen atoms in total. The van der Waals surface area contributed by atoms with Gasteiger partial charge in [-0.2, -0.15) is 0 Å². The number of nitrogens with zero attached hydrogens (tertiary/aromatic N) is 1. The molecule has 1 amide bonds. The van der Waals surface area contributed by atoms with Gasteiger partial charge in [0.15, 0.2) is 11.4 Å². The van der Waals surface area contributed by atoms with Crippen molar-refractivity contribution >= 4 is 17.4 Å². The van der Waals surface area contributed by atoms with Gasteiger partial charge >= 0.3 is 0 Å². The van der Waals surface area contributed by atoms with E-state index in [1.54, 1.807) is 31.3 Å². The molecule has 1 aliphatic carbocycles. The van der Waals surface area contributed by atoms with Crippen molar-refractivity contribution in [1.82, 2.24) is 0 Å². The highest BCUT2D eigenvalue weighted by Gasteiger charge is 2.49. The van der Waals surface area contributed by atoms with Crippen LogP contribution in [0.1, 0.15) is 33.5 Å². The second kappa shape index (κ2) is 5.88. The number of para-hydroxylation sites is 1. The molecule has 1 N–H and O–H groups in total. The average molecular weight is 369 g/mol. The van der Waals surface area contributed by atoms with E-state index in [2.05, 4.69) is 12.1 Å².